The lowest BCUT2D eigenvalue weighted by Crippen LogP contribution is -2.15. The summed E-state index contributed by atoms with van der Waals surface area (Å²) in [6, 6.07) is 9.15. The zero-order valence-corrected chi connectivity index (χ0v) is 12.5. The first kappa shape index (κ1) is 13.6. The van der Waals surface area contributed by atoms with Gasteiger partial charge in [0.25, 0.3) is 0 Å². The Kier molecular flexibility index (Phi) is 3.56. The van der Waals surface area contributed by atoms with Crippen LogP contribution in [0.1, 0.15) is 18.4 Å². The fourth-order valence-corrected chi connectivity index (χ4v) is 2.90. The van der Waals surface area contributed by atoms with Crippen molar-refractivity contribution in [3.8, 4) is 0 Å². The number of hydrogen-bond acceptors (Lipinski definition) is 3. The monoisotopic (exact) mass is 292 g/mol. The molecule has 20 heavy (non-hydrogen) atoms. The summed E-state index contributed by atoms with van der Waals surface area (Å²) in [5.41, 5.74) is 2.38. The van der Waals surface area contributed by atoms with Crippen molar-refractivity contribution in [3.05, 3.63) is 36.0 Å². The Hall–Kier alpha value is -1.33. The molecule has 0 amide bonds. The Morgan fingerprint density at radius 1 is 1.30 bits per heavy atom. The highest BCUT2D eigenvalue weighted by molar-refractivity contribution is 7.90. The Bertz CT molecular complexity index is 715. The van der Waals surface area contributed by atoms with Gasteiger partial charge < -0.3 is 9.88 Å². The molecule has 0 aliphatic heterocycles. The molecule has 1 heterocycles. The molecular weight excluding hydrogens is 272 g/mol. The van der Waals surface area contributed by atoms with E-state index in [1.165, 1.54) is 30.0 Å². The lowest BCUT2D eigenvalue weighted by atomic mass is 10.1. The molecule has 1 aromatic carbocycles. The largest absolute Gasteiger partial charge is 0.346 e. The van der Waals surface area contributed by atoms with Gasteiger partial charge in [0.2, 0.25) is 0 Å². The van der Waals surface area contributed by atoms with Crippen LogP contribution in [0.4, 0.5) is 0 Å². The summed E-state index contributed by atoms with van der Waals surface area (Å²) in [5, 5.41) is 4.68. The summed E-state index contributed by atoms with van der Waals surface area (Å²) in [7, 11) is -2.92. The van der Waals surface area contributed by atoms with Crippen LogP contribution in [0.3, 0.4) is 0 Å². The lowest BCUT2D eigenvalue weighted by Gasteiger charge is -2.06. The van der Waals surface area contributed by atoms with E-state index in [0.29, 0.717) is 12.6 Å². The van der Waals surface area contributed by atoms with E-state index >= 15 is 0 Å². The van der Waals surface area contributed by atoms with Crippen molar-refractivity contribution in [2.75, 3.05) is 12.0 Å². The molecule has 1 saturated carbocycles. The molecule has 108 valence electrons. The van der Waals surface area contributed by atoms with Gasteiger partial charge in [0.05, 0.1) is 5.75 Å². The van der Waals surface area contributed by atoms with Crippen molar-refractivity contribution in [2.24, 2.45) is 0 Å². The van der Waals surface area contributed by atoms with Gasteiger partial charge in [-0.3, -0.25) is 0 Å². The van der Waals surface area contributed by atoms with Crippen molar-refractivity contribution in [1.82, 2.24) is 9.88 Å². The highest BCUT2D eigenvalue weighted by Crippen LogP contribution is 2.21. The minimum Gasteiger partial charge on any atom is -0.346 e. The second kappa shape index (κ2) is 5.22. The zero-order chi connectivity index (χ0) is 14.2. The van der Waals surface area contributed by atoms with Crippen LogP contribution < -0.4 is 5.32 Å². The first-order valence-corrected chi connectivity index (χ1v) is 9.06. The number of nitrogens with zero attached hydrogens (tertiary/aromatic N) is 1. The maximum atomic E-state index is 11.2. The van der Waals surface area contributed by atoms with E-state index in [2.05, 4.69) is 29.6 Å². The van der Waals surface area contributed by atoms with E-state index < -0.39 is 9.84 Å². The SMILES string of the molecule is CS(=O)(=O)CCn1ccc2cc(CNC3CC3)ccc21. The van der Waals surface area contributed by atoms with Crippen molar-refractivity contribution in [1.29, 1.82) is 0 Å². The van der Waals surface area contributed by atoms with Crippen LogP contribution in [0.2, 0.25) is 0 Å². The minimum atomic E-state index is -2.92. The fourth-order valence-electron chi connectivity index (χ4n) is 2.37. The van der Waals surface area contributed by atoms with Crippen LogP contribution >= 0.6 is 0 Å². The first-order chi connectivity index (χ1) is 9.51. The van der Waals surface area contributed by atoms with Gasteiger partial charge in [0, 0.05) is 37.1 Å². The molecule has 0 saturated heterocycles. The molecule has 0 bridgehead atoms. The summed E-state index contributed by atoms with van der Waals surface area (Å²) < 4.78 is 24.5. The van der Waals surface area contributed by atoms with Gasteiger partial charge in [-0.2, -0.15) is 0 Å². The van der Waals surface area contributed by atoms with Gasteiger partial charge in [-0.05, 0) is 42.0 Å². The predicted octanol–water partition coefficient (Wildman–Crippen LogP) is 1.94. The van der Waals surface area contributed by atoms with Gasteiger partial charge in [0.1, 0.15) is 9.84 Å². The number of fused-ring (bicyclic) bond motifs is 1. The average molecular weight is 292 g/mol. The van der Waals surface area contributed by atoms with Crippen molar-refractivity contribution < 1.29 is 8.42 Å². The van der Waals surface area contributed by atoms with Crippen molar-refractivity contribution >= 4 is 20.7 Å². The maximum Gasteiger partial charge on any atom is 0.149 e. The fraction of sp³-hybridized carbons (Fsp3) is 0.467. The lowest BCUT2D eigenvalue weighted by molar-refractivity contribution is 0.596. The molecule has 1 aliphatic carbocycles. The topological polar surface area (TPSA) is 51.1 Å². The third-order valence-electron chi connectivity index (χ3n) is 3.71. The Morgan fingerprint density at radius 2 is 2.10 bits per heavy atom. The number of benzene rings is 1. The Morgan fingerprint density at radius 3 is 2.80 bits per heavy atom. The number of hydrogen-bond donors (Lipinski definition) is 1. The van der Waals surface area contributed by atoms with E-state index in [0.717, 1.165) is 12.1 Å². The van der Waals surface area contributed by atoms with E-state index in [9.17, 15) is 8.42 Å². The standard InChI is InChI=1S/C15H20N2O2S/c1-20(18,19)9-8-17-7-6-13-10-12(2-5-15(13)17)11-16-14-3-4-14/h2,5-7,10,14,16H,3-4,8-9,11H2,1H3. The van der Waals surface area contributed by atoms with E-state index in [4.69, 9.17) is 0 Å². The van der Waals surface area contributed by atoms with E-state index in [-0.39, 0.29) is 5.75 Å². The predicted molar refractivity (Wildman–Crippen MR) is 81.5 cm³/mol. The van der Waals surface area contributed by atoms with Crippen LogP contribution in [0.15, 0.2) is 30.5 Å². The molecule has 3 rings (SSSR count). The number of aryl methyl sites for hydroxylation is 1. The van der Waals surface area contributed by atoms with Crippen molar-refractivity contribution in [3.63, 3.8) is 0 Å². The Labute approximate surface area is 119 Å². The third kappa shape index (κ3) is 3.41. The second-order valence-corrected chi connectivity index (χ2v) is 7.95. The van der Waals surface area contributed by atoms with E-state index in [1.54, 1.807) is 0 Å². The average Bonchev–Trinajstić information content (AvgIpc) is 3.13. The molecule has 1 fully saturated rings. The van der Waals surface area contributed by atoms with Crippen LogP contribution in [0.25, 0.3) is 10.9 Å². The molecule has 0 unspecified atom stereocenters. The smallest absolute Gasteiger partial charge is 0.149 e. The first-order valence-electron chi connectivity index (χ1n) is 7.00. The molecule has 5 heteroatoms. The molecular formula is C15H20N2O2S. The maximum absolute atomic E-state index is 11.2. The minimum absolute atomic E-state index is 0.182. The van der Waals surface area contributed by atoms with Crippen LogP contribution in [0.5, 0.6) is 0 Å². The van der Waals surface area contributed by atoms with Gasteiger partial charge >= 0.3 is 0 Å². The van der Waals surface area contributed by atoms with Crippen LogP contribution in [0, 0.1) is 0 Å². The summed E-state index contributed by atoms with van der Waals surface area (Å²) >= 11 is 0. The molecule has 0 spiro atoms. The molecule has 1 aromatic heterocycles. The molecule has 4 nitrogen and oxygen atoms in total. The molecule has 1 N–H and O–H groups in total. The van der Waals surface area contributed by atoms with Gasteiger partial charge in [-0.25, -0.2) is 8.42 Å². The van der Waals surface area contributed by atoms with Crippen molar-refractivity contribution in [2.45, 2.75) is 32.0 Å². The number of aromatic nitrogens is 1. The summed E-state index contributed by atoms with van der Waals surface area (Å²) in [5.74, 6) is 0.182. The van der Waals surface area contributed by atoms with Crippen LogP contribution in [-0.2, 0) is 22.9 Å². The van der Waals surface area contributed by atoms with Gasteiger partial charge in [0.15, 0.2) is 0 Å². The van der Waals surface area contributed by atoms with Gasteiger partial charge in [-0.1, -0.05) is 6.07 Å². The van der Waals surface area contributed by atoms with Gasteiger partial charge in [-0.15, -0.1) is 0 Å². The normalized spacial score (nSPS) is 15.8. The molecule has 2 aromatic rings. The number of nitrogens with one attached hydrogen (secondary N) is 1. The third-order valence-corrected chi connectivity index (χ3v) is 4.63. The second-order valence-electron chi connectivity index (χ2n) is 5.69. The summed E-state index contributed by atoms with van der Waals surface area (Å²) in [4.78, 5) is 0. The summed E-state index contributed by atoms with van der Waals surface area (Å²) in [6.45, 7) is 1.43. The molecule has 1 aliphatic rings. The highest BCUT2D eigenvalue weighted by Gasteiger charge is 2.19. The number of sulfone groups is 1. The number of rotatable bonds is 6. The molecule has 0 radical (unpaired) electrons. The van der Waals surface area contributed by atoms with E-state index in [1.807, 2.05) is 10.8 Å². The Balaban J connectivity index is 1.74. The summed E-state index contributed by atoms with van der Waals surface area (Å²) in [6.07, 6.45) is 5.84. The molecule has 0 atom stereocenters. The van der Waals surface area contributed by atoms with Crippen LogP contribution in [-0.4, -0.2) is 31.0 Å². The quantitative estimate of drug-likeness (QED) is 0.885. The zero-order valence-electron chi connectivity index (χ0n) is 11.7. The highest BCUT2D eigenvalue weighted by atomic mass is 32.2.